The van der Waals surface area contributed by atoms with Crippen LogP contribution in [-0.2, 0) is 6.54 Å². The smallest absolute Gasteiger partial charge is 0.270 e. The number of hydrogen-bond donors (Lipinski definition) is 1. The van der Waals surface area contributed by atoms with E-state index in [1.165, 1.54) is 25.3 Å². The van der Waals surface area contributed by atoms with Crippen molar-refractivity contribution in [3.8, 4) is 0 Å². The quantitative estimate of drug-likeness (QED) is 0.660. The molecule has 20 heavy (non-hydrogen) atoms. The van der Waals surface area contributed by atoms with Gasteiger partial charge in [-0.2, -0.15) is 0 Å². The van der Waals surface area contributed by atoms with Gasteiger partial charge in [-0.1, -0.05) is 22.4 Å². The van der Waals surface area contributed by atoms with Gasteiger partial charge < -0.3 is 10.2 Å². The molecule has 1 heterocycles. The maximum atomic E-state index is 10.9. The van der Waals surface area contributed by atoms with Crippen LogP contribution in [0, 0.1) is 10.1 Å². The predicted molar refractivity (Wildman–Crippen MR) is 82.8 cm³/mol. The molecule has 1 saturated heterocycles. The van der Waals surface area contributed by atoms with Crippen molar-refractivity contribution in [2.45, 2.75) is 31.8 Å². The Morgan fingerprint density at radius 1 is 1.45 bits per heavy atom. The van der Waals surface area contributed by atoms with Gasteiger partial charge in [0.1, 0.15) is 0 Å². The van der Waals surface area contributed by atoms with E-state index in [-0.39, 0.29) is 10.6 Å². The maximum Gasteiger partial charge on any atom is 0.270 e. The second-order valence-corrected chi connectivity index (χ2v) is 6.33. The SMILES string of the molecule is CN(Cc1cc(Br)cc([N+](=O)[O-])c1)CC1CCCCN1. The van der Waals surface area contributed by atoms with E-state index < -0.39 is 0 Å². The van der Waals surface area contributed by atoms with Crippen LogP contribution in [0.5, 0.6) is 0 Å². The number of nitro benzene ring substituents is 1. The molecule has 1 fully saturated rings. The summed E-state index contributed by atoms with van der Waals surface area (Å²) >= 11 is 3.33. The summed E-state index contributed by atoms with van der Waals surface area (Å²) in [5.41, 5.74) is 1.10. The van der Waals surface area contributed by atoms with Crippen molar-refractivity contribution in [3.05, 3.63) is 38.3 Å². The van der Waals surface area contributed by atoms with Gasteiger partial charge in [0, 0.05) is 35.7 Å². The number of nitrogens with zero attached hydrogens (tertiary/aromatic N) is 2. The number of rotatable bonds is 5. The lowest BCUT2D eigenvalue weighted by Gasteiger charge is -2.28. The summed E-state index contributed by atoms with van der Waals surface area (Å²) in [5, 5.41) is 14.4. The van der Waals surface area contributed by atoms with Gasteiger partial charge in [0.15, 0.2) is 0 Å². The first-order chi connectivity index (χ1) is 9.54. The van der Waals surface area contributed by atoms with E-state index >= 15 is 0 Å². The van der Waals surface area contributed by atoms with Crippen LogP contribution in [0.1, 0.15) is 24.8 Å². The monoisotopic (exact) mass is 341 g/mol. The fourth-order valence-electron chi connectivity index (χ4n) is 2.66. The highest BCUT2D eigenvalue weighted by molar-refractivity contribution is 9.10. The third-order valence-corrected chi connectivity index (χ3v) is 4.01. The molecule has 0 saturated carbocycles. The summed E-state index contributed by atoms with van der Waals surface area (Å²) in [5.74, 6) is 0. The van der Waals surface area contributed by atoms with Gasteiger partial charge in [0.2, 0.25) is 0 Å². The maximum absolute atomic E-state index is 10.9. The van der Waals surface area contributed by atoms with Crippen LogP contribution in [0.25, 0.3) is 0 Å². The van der Waals surface area contributed by atoms with Crippen molar-refractivity contribution in [2.24, 2.45) is 0 Å². The molecule has 1 N–H and O–H groups in total. The number of non-ortho nitro benzene ring substituents is 1. The minimum absolute atomic E-state index is 0.138. The zero-order valence-electron chi connectivity index (χ0n) is 11.6. The molecule has 6 heteroatoms. The third kappa shape index (κ3) is 4.54. The highest BCUT2D eigenvalue weighted by Crippen LogP contribution is 2.22. The Morgan fingerprint density at radius 2 is 2.25 bits per heavy atom. The molecule has 2 rings (SSSR count). The van der Waals surface area contributed by atoms with Gasteiger partial charge in [-0.25, -0.2) is 0 Å². The number of nitrogens with one attached hydrogen (secondary N) is 1. The summed E-state index contributed by atoms with van der Waals surface area (Å²) in [6.45, 7) is 2.79. The zero-order valence-corrected chi connectivity index (χ0v) is 13.2. The van der Waals surface area contributed by atoms with Crippen molar-refractivity contribution in [1.29, 1.82) is 0 Å². The summed E-state index contributed by atoms with van der Waals surface area (Å²) in [6.07, 6.45) is 3.76. The van der Waals surface area contributed by atoms with Crippen LogP contribution in [0.2, 0.25) is 0 Å². The molecule has 5 nitrogen and oxygen atoms in total. The molecule has 1 aromatic carbocycles. The van der Waals surface area contributed by atoms with E-state index in [1.807, 2.05) is 6.07 Å². The van der Waals surface area contributed by atoms with Crippen LogP contribution < -0.4 is 5.32 Å². The molecule has 0 spiro atoms. The van der Waals surface area contributed by atoms with Gasteiger partial charge in [0.25, 0.3) is 5.69 Å². The molecule has 110 valence electrons. The van der Waals surface area contributed by atoms with Gasteiger partial charge in [-0.05, 0) is 38.1 Å². The first-order valence-electron chi connectivity index (χ1n) is 6.90. The highest BCUT2D eigenvalue weighted by Gasteiger charge is 2.15. The van der Waals surface area contributed by atoms with Crippen LogP contribution in [-0.4, -0.2) is 36.0 Å². The lowest BCUT2D eigenvalue weighted by molar-refractivity contribution is -0.385. The van der Waals surface area contributed by atoms with E-state index in [0.717, 1.165) is 29.7 Å². The molecule has 0 aromatic heterocycles. The van der Waals surface area contributed by atoms with E-state index in [2.05, 4.69) is 33.2 Å². The topological polar surface area (TPSA) is 58.4 Å². The minimum Gasteiger partial charge on any atom is -0.313 e. The Morgan fingerprint density at radius 3 is 2.90 bits per heavy atom. The third-order valence-electron chi connectivity index (χ3n) is 3.55. The second kappa shape index (κ2) is 7.15. The van der Waals surface area contributed by atoms with Crippen molar-refractivity contribution in [1.82, 2.24) is 10.2 Å². The van der Waals surface area contributed by atoms with Crippen LogP contribution in [0.4, 0.5) is 5.69 Å². The Hall–Kier alpha value is -0.980. The highest BCUT2D eigenvalue weighted by atomic mass is 79.9. The zero-order chi connectivity index (χ0) is 14.5. The van der Waals surface area contributed by atoms with Gasteiger partial charge in [-0.3, -0.25) is 10.1 Å². The molecule has 1 atom stereocenters. The van der Waals surface area contributed by atoms with Gasteiger partial charge in [0.05, 0.1) is 4.92 Å². The van der Waals surface area contributed by atoms with E-state index in [1.54, 1.807) is 6.07 Å². The van der Waals surface area contributed by atoms with Crippen LogP contribution in [0.15, 0.2) is 22.7 Å². The first kappa shape index (κ1) is 15.4. The minimum atomic E-state index is -0.350. The first-order valence-corrected chi connectivity index (χ1v) is 7.69. The van der Waals surface area contributed by atoms with E-state index in [4.69, 9.17) is 0 Å². The Kier molecular flexibility index (Phi) is 5.51. The van der Waals surface area contributed by atoms with Crippen LogP contribution in [0.3, 0.4) is 0 Å². The standard InChI is InChI=1S/C14H20BrN3O2/c1-17(10-13-4-2-3-5-16-13)9-11-6-12(15)8-14(7-11)18(19)20/h6-8,13,16H,2-5,9-10H2,1H3. The molecular weight excluding hydrogens is 322 g/mol. The molecule has 1 aromatic rings. The molecule has 0 bridgehead atoms. The van der Waals surface area contributed by atoms with Gasteiger partial charge >= 0.3 is 0 Å². The number of hydrogen-bond acceptors (Lipinski definition) is 4. The van der Waals surface area contributed by atoms with Crippen LogP contribution >= 0.6 is 15.9 Å². The van der Waals surface area contributed by atoms with Gasteiger partial charge in [-0.15, -0.1) is 0 Å². The largest absolute Gasteiger partial charge is 0.313 e. The Bertz CT molecular complexity index is 475. The number of benzene rings is 1. The second-order valence-electron chi connectivity index (χ2n) is 5.42. The van der Waals surface area contributed by atoms with Crippen molar-refractivity contribution in [3.63, 3.8) is 0 Å². The summed E-state index contributed by atoms with van der Waals surface area (Å²) in [6, 6.07) is 5.66. The summed E-state index contributed by atoms with van der Waals surface area (Å²) in [7, 11) is 2.06. The fourth-order valence-corrected chi connectivity index (χ4v) is 3.19. The van der Waals surface area contributed by atoms with Crippen molar-refractivity contribution in [2.75, 3.05) is 20.1 Å². The lowest BCUT2D eigenvalue weighted by Crippen LogP contribution is -2.42. The normalized spacial score (nSPS) is 19.2. The molecule has 0 aliphatic carbocycles. The van der Waals surface area contributed by atoms with E-state index in [9.17, 15) is 10.1 Å². The van der Waals surface area contributed by atoms with Crippen molar-refractivity contribution >= 4 is 21.6 Å². The summed E-state index contributed by atoms with van der Waals surface area (Å²) in [4.78, 5) is 12.7. The fraction of sp³-hybridized carbons (Fsp3) is 0.571. The predicted octanol–water partition coefficient (Wildman–Crippen LogP) is 2.93. The molecule has 0 radical (unpaired) electrons. The average Bonchev–Trinajstić information content (AvgIpc) is 2.38. The Balaban J connectivity index is 1.96. The number of piperidine rings is 1. The number of nitro groups is 1. The molecular formula is C14H20BrN3O2. The molecule has 1 aliphatic rings. The molecule has 1 unspecified atom stereocenters. The Labute approximate surface area is 127 Å². The molecule has 1 aliphatic heterocycles. The molecule has 0 amide bonds. The average molecular weight is 342 g/mol. The number of likely N-dealkylation sites (N-methyl/N-ethyl adjacent to an activating group) is 1. The number of halogens is 1. The van der Waals surface area contributed by atoms with Crippen molar-refractivity contribution < 1.29 is 4.92 Å². The summed E-state index contributed by atoms with van der Waals surface area (Å²) < 4.78 is 0.755. The lowest BCUT2D eigenvalue weighted by atomic mass is 10.0. The van der Waals surface area contributed by atoms with E-state index in [0.29, 0.717) is 6.04 Å².